The van der Waals surface area contributed by atoms with Crippen molar-refractivity contribution in [3.05, 3.63) is 59.9 Å². The lowest BCUT2D eigenvalue weighted by atomic mass is 10.1. The molecule has 150 valence electrons. The average molecular weight is 385 g/mol. The number of rotatable bonds is 8. The molecule has 1 N–H and O–H groups in total. The molecule has 0 spiro atoms. The fourth-order valence-corrected chi connectivity index (χ4v) is 3.19. The molecular weight excluding hydrogens is 357 g/mol. The maximum Gasteiger partial charge on any atom is 0.257 e. The number of nitrogens with one attached hydrogen (secondary N) is 1. The highest BCUT2D eigenvalue weighted by molar-refractivity contribution is 5.77. The van der Waals surface area contributed by atoms with Gasteiger partial charge >= 0.3 is 0 Å². The van der Waals surface area contributed by atoms with E-state index in [0.29, 0.717) is 12.3 Å². The number of benzene rings is 2. The number of piperazine rings is 1. The Labute approximate surface area is 166 Å². The van der Waals surface area contributed by atoms with E-state index >= 15 is 0 Å². The quantitative estimate of drug-likeness (QED) is 0.710. The molecule has 1 aliphatic rings. The fraction of sp³-hybridized carbons (Fsp3) is 0.409. The number of anilines is 1. The van der Waals surface area contributed by atoms with Gasteiger partial charge in [0.1, 0.15) is 11.6 Å². The van der Waals surface area contributed by atoms with Crippen LogP contribution in [0.15, 0.2) is 48.5 Å². The van der Waals surface area contributed by atoms with Crippen molar-refractivity contribution in [1.82, 2.24) is 10.2 Å². The number of likely N-dealkylation sites (N-methyl/N-ethyl adjacent to an activating group) is 1. The molecule has 1 heterocycles. The molecule has 0 saturated carbocycles. The van der Waals surface area contributed by atoms with Crippen molar-refractivity contribution in [3.8, 4) is 5.75 Å². The van der Waals surface area contributed by atoms with Crippen molar-refractivity contribution < 1.29 is 13.9 Å². The summed E-state index contributed by atoms with van der Waals surface area (Å²) >= 11 is 0. The van der Waals surface area contributed by atoms with Crippen molar-refractivity contribution in [2.24, 2.45) is 0 Å². The molecule has 0 radical (unpaired) electrons. The Kier molecular flexibility index (Phi) is 7.25. The maximum absolute atomic E-state index is 12.8. The summed E-state index contributed by atoms with van der Waals surface area (Å²) in [4.78, 5) is 16.6. The van der Waals surface area contributed by atoms with Gasteiger partial charge in [0.15, 0.2) is 6.61 Å². The first-order valence-electron chi connectivity index (χ1n) is 9.78. The molecule has 0 atom stereocenters. The van der Waals surface area contributed by atoms with Crippen LogP contribution in [-0.2, 0) is 11.2 Å². The summed E-state index contributed by atoms with van der Waals surface area (Å²) in [6, 6.07) is 14.4. The predicted molar refractivity (Wildman–Crippen MR) is 109 cm³/mol. The summed E-state index contributed by atoms with van der Waals surface area (Å²) < 4.78 is 18.2. The number of amides is 1. The van der Waals surface area contributed by atoms with E-state index in [-0.39, 0.29) is 18.3 Å². The Morgan fingerprint density at radius 1 is 1.04 bits per heavy atom. The third kappa shape index (κ3) is 6.23. The van der Waals surface area contributed by atoms with Crippen LogP contribution in [0.2, 0.25) is 0 Å². The third-order valence-electron chi connectivity index (χ3n) is 4.95. The van der Waals surface area contributed by atoms with E-state index in [2.05, 4.69) is 46.4 Å². The number of aryl methyl sites for hydroxylation is 1. The van der Waals surface area contributed by atoms with Gasteiger partial charge < -0.3 is 19.9 Å². The van der Waals surface area contributed by atoms with E-state index in [1.807, 2.05) is 0 Å². The predicted octanol–water partition coefficient (Wildman–Crippen LogP) is 2.71. The largest absolute Gasteiger partial charge is 0.484 e. The molecule has 0 aliphatic carbocycles. The number of nitrogens with zero attached hydrogens (tertiary/aromatic N) is 2. The first-order chi connectivity index (χ1) is 13.6. The molecular formula is C22H28FN3O2. The molecule has 0 unspecified atom stereocenters. The summed E-state index contributed by atoms with van der Waals surface area (Å²) in [5.74, 6) is -0.0138. The topological polar surface area (TPSA) is 44.8 Å². The zero-order valence-corrected chi connectivity index (χ0v) is 16.4. The number of hydrogen-bond acceptors (Lipinski definition) is 4. The highest BCUT2D eigenvalue weighted by atomic mass is 19.1. The first kappa shape index (κ1) is 20.1. The lowest BCUT2D eigenvalue weighted by Gasteiger charge is -2.34. The number of hydrogen-bond donors (Lipinski definition) is 1. The van der Waals surface area contributed by atoms with Crippen molar-refractivity contribution in [2.75, 3.05) is 51.3 Å². The molecule has 1 aliphatic heterocycles. The molecule has 0 bridgehead atoms. The van der Waals surface area contributed by atoms with Crippen LogP contribution in [0.25, 0.3) is 0 Å². The minimum Gasteiger partial charge on any atom is -0.484 e. The van der Waals surface area contributed by atoms with Crippen LogP contribution in [0.3, 0.4) is 0 Å². The number of carbonyl (C=O) groups is 1. The van der Waals surface area contributed by atoms with E-state index in [4.69, 9.17) is 4.74 Å². The molecule has 1 amide bonds. The van der Waals surface area contributed by atoms with Gasteiger partial charge in [-0.2, -0.15) is 0 Å². The molecule has 5 nitrogen and oxygen atoms in total. The van der Waals surface area contributed by atoms with Gasteiger partial charge in [0.25, 0.3) is 5.91 Å². The highest BCUT2D eigenvalue weighted by Crippen LogP contribution is 2.17. The molecule has 0 aromatic heterocycles. The summed E-state index contributed by atoms with van der Waals surface area (Å²) in [6.07, 6.45) is 1.79. The smallest absolute Gasteiger partial charge is 0.257 e. The zero-order valence-electron chi connectivity index (χ0n) is 16.4. The molecule has 1 fully saturated rings. The van der Waals surface area contributed by atoms with E-state index in [0.717, 1.165) is 39.0 Å². The van der Waals surface area contributed by atoms with Crippen LogP contribution in [0.1, 0.15) is 12.0 Å². The minimum atomic E-state index is -0.326. The van der Waals surface area contributed by atoms with Gasteiger partial charge in [0, 0.05) is 38.4 Å². The summed E-state index contributed by atoms with van der Waals surface area (Å²) in [5.41, 5.74) is 2.55. The van der Waals surface area contributed by atoms with Gasteiger partial charge in [0.05, 0.1) is 0 Å². The monoisotopic (exact) mass is 385 g/mol. The maximum atomic E-state index is 12.8. The standard InChI is InChI=1S/C22H28FN3O2/c1-25-13-15-26(16-14-25)20-8-4-18(5-9-20)3-2-12-24-22(27)17-28-21-10-6-19(23)7-11-21/h4-11H,2-3,12-17H2,1H3,(H,24,27). The van der Waals surface area contributed by atoms with Gasteiger partial charge in [-0.1, -0.05) is 12.1 Å². The number of halogens is 1. The Morgan fingerprint density at radius 3 is 2.39 bits per heavy atom. The second-order valence-corrected chi connectivity index (χ2v) is 7.15. The second-order valence-electron chi connectivity index (χ2n) is 7.15. The molecule has 6 heteroatoms. The van der Waals surface area contributed by atoms with Gasteiger partial charge in [-0.05, 0) is 61.9 Å². The minimum absolute atomic E-state index is 0.0641. The van der Waals surface area contributed by atoms with Gasteiger partial charge in [-0.3, -0.25) is 4.79 Å². The highest BCUT2D eigenvalue weighted by Gasteiger charge is 2.13. The van der Waals surface area contributed by atoms with Gasteiger partial charge in [0.2, 0.25) is 0 Å². The molecule has 3 rings (SSSR count). The van der Waals surface area contributed by atoms with Crippen molar-refractivity contribution in [2.45, 2.75) is 12.8 Å². The number of ether oxygens (including phenoxy) is 1. The number of carbonyl (C=O) groups excluding carboxylic acids is 1. The van der Waals surface area contributed by atoms with Gasteiger partial charge in [-0.25, -0.2) is 4.39 Å². The van der Waals surface area contributed by atoms with Crippen LogP contribution in [-0.4, -0.2) is 57.2 Å². The van der Waals surface area contributed by atoms with Crippen LogP contribution in [0, 0.1) is 5.82 Å². The molecule has 2 aromatic carbocycles. The first-order valence-corrected chi connectivity index (χ1v) is 9.78. The Hall–Kier alpha value is -2.60. The third-order valence-corrected chi connectivity index (χ3v) is 4.95. The van der Waals surface area contributed by atoms with Crippen molar-refractivity contribution >= 4 is 11.6 Å². The zero-order chi connectivity index (χ0) is 19.8. The summed E-state index contributed by atoms with van der Waals surface area (Å²) in [6.45, 7) is 4.89. The fourth-order valence-electron chi connectivity index (χ4n) is 3.19. The van der Waals surface area contributed by atoms with Gasteiger partial charge in [-0.15, -0.1) is 0 Å². The van der Waals surface area contributed by atoms with Crippen LogP contribution in [0.4, 0.5) is 10.1 Å². The Bertz CT molecular complexity index is 741. The molecule has 1 saturated heterocycles. The van der Waals surface area contributed by atoms with Crippen LogP contribution in [0.5, 0.6) is 5.75 Å². The lowest BCUT2D eigenvalue weighted by molar-refractivity contribution is -0.123. The Morgan fingerprint density at radius 2 is 1.71 bits per heavy atom. The summed E-state index contributed by atoms with van der Waals surface area (Å²) in [5, 5.41) is 2.85. The Balaban J connectivity index is 1.32. The lowest BCUT2D eigenvalue weighted by Crippen LogP contribution is -2.44. The summed E-state index contributed by atoms with van der Waals surface area (Å²) in [7, 11) is 2.16. The normalized spacial score (nSPS) is 14.7. The second kappa shape index (κ2) is 10.1. The van der Waals surface area contributed by atoms with Crippen LogP contribution < -0.4 is 15.0 Å². The van der Waals surface area contributed by atoms with E-state index in [1.165, 1.54) is 35.5 Å². The average Bonchev–Trinajstić information content (AvgIpc) is 2.72. The molecule has 28 heavy (non-hydrogen) atoms. The van der Waals surface area contributed by atoms with Crippen molar-refractivity contribution in [1.29, 1.82) is 0 Å². The van der Waals surface area contributed by atoms with Crippen LogP contribution >= 0.6 is 0 Å². The molecule has 2 aromatic rings. The van der Waals surface area contributed by atoms with Crippen molar-refractivity contribution in [3.63, 3.8) is 0 Å². The SMILES string of the molecule is CN1CCN(c2ccc(CCCNC(=O)COc3ccc(F)cc3)cc2)CC1. The van der Waals surface area contributed by atoms with E-state index in [1.54, 1.807) is 0 Å². The van der Waals surface area contributed by atoms with E-state index < -0.39 is 0 Å². The van der Waals surface area contributed by atoms with E-state index in [9.17, 15) is 9.18 Å².